The van der Waals surface area contributed by atoms with Crippen LogP contribution in [-0.4, -0.2) is 12.6 Å². The minimum Gasteiger partial charge on any atom is -0.462 e. The zero-order valence-electron chi connectivity index (χ0n) is 11.4. The van der Waals surface area contributed by atoms with Gasteiger partial charge in [0, 0.05) is 6.07 Å². The van der Waals surface area contributed by atoms with Crippen LogP contribution in [0.5, 0.6) is 0 Å². The molecule has 1 rings (SSSR count). The highest BCUT2D eigenvalue weighted by Crippen LogP contribution is 2.15. The predicted molar refractivity (Wildman–Crippen MR) is 69.9 cm³/mol. The first kappa shape index (κ1) is 15.6. The van der Waals surface area contributed by atoms with E-state index < -0.39 is 17.6 Å². The lowest BCUT2D eigenvalue weighted by Gasteiger charge is -2.14. The summed E-state index contributed by atoms with van der Waals surface area (Å²) in [7, 11) is 0. The van der Waals surface area contributed by atoms with Gasteiger partial charge < -0.3 is 4.74 Å². The Bertz CT molecular complexity index is 419. The summed E-state index contributed by atoms with van der Waals surface area (Å²) >= 11 is 0. The highest BCUT2D eigenvalue weighted by molar-refractivity contribution is 5.89. The molecule has 1 aromatic carbocycles. The molecule has 0 aromatic heterocycles. The van der Waals surface area contributed by atoms with Crippen molar-refractivity contribution >= 4 is 5.97 Å². The number of carbonyl (C=O) groups is 1. The summed E-state index contributed by atoms with van der Waals surface area (Å²) in [5, 5.41) is 0. The van der Waals surface area contributed by atoms with E-state index in [0.717, 1.165) is 37.8 Å². The molecule has 0 aliphatic rings. The SMILES string of the molecule is CCCCC(CC)COC(=O)c1ccc(F)cc1F. The molecular weight excluding hydrogens is 250 g/mol. The summed E-state index contributed by atoms with van der Waals surface area (Å²) in [6.45, 7) is 4.42. The molecule has 1 unspecified atom stereocenters. The van der Waals surface area contributed by atoms with Crippen LogP contribution in [0.15, 0.2) is 18.2 Å². The molecule has 0 N–H and O–H groups in total. The molecule has 106 valence electrons. The van der Waals surface area contributed by atoms with E-state index in [4.69, 9.17) is 4.74 Å². The van der Waals surface area contributed by atoms with Crippen molar-refractivity contribution in [2.24, 2.45) is 5.92 Å². The maximum Gasteiger partial charge on any atom is 0.341 e. The van der Waals surface area contributed by atoms with E-state index in [0.29, 0.717) is 12.0 Å². The fourth-order valence-electron chi connectivity index (χ4n) is 1.82. The molecule has 1 aromatic rings. The van der Waals surface area contributed by atoms with Crippen molar-refractivity contribution in [2.75, 3.05) is 6.61 Å². The van der Waals surface area contributed by atoms with Gasteiger partial charge in [0.15, 0.2) is 0 Å². The molecule has 0 fully saturated rings. The van der Waals surface area contributed by atoms with Crippen molar-refractivity contribution < 1.29 is 18.3 Å². The van der Waals surface area contributed by atoms with Gasteiger partial charge in [-0.05, 0) is 24.5 Å². The van der Waals surface area contributed by atoms with E-state index in [1.165, 1.54) is 0 Å². The van der Waals surface area contributed by atoms with E-state index in [2.05, 4.69) is 6.92 Å². The van der Waals surface area contributed by atoms with Gasteiger partial charge in [-0.1, -0.05) is 33.1 Å². The molecule has 0 aliphatic carbocycles. The maximum atomic E-state index is 13.4. The summed E-state index contributed by atoms with van der Waals surface area (Å²) in [5.74, 6) is -2.02. The van der Waals surface area contributed by atoms with E-state index in [1.54, 1.807) is 0 Å². The molecule has 0 heterocycles. The first-order valence-electron chi connectivity index (χ1n) is 6.70. The molecule has 0 radical (unpaired) electrons. The van der Waals surface area contributed by atoms with Crippen LogP contribution in [0.2, 0.25) is 0 Å². The van der Waals surface area contributed by atoms with Crippen molar-refractivity contribution in [1.29, 1.82) is 0 Å². The number of ether oxygens (including phenoxy) is 1. The van der Waals surface area contributed by atoms with Gasteiger partial charge in [-0.15, -0.1) is 0 Å². The average Bonchev–Trinajstić information content (AvgIpc) is 2.38. The Morgan fingerprint density at radius 1 is 1.32 bits per heavy atom. The van der Waals surface area contributed by atoms with Gasteiger partial charge in [0.25, 0.3) is 0 Å². The van der Waals surface area contributed by atoms with Gasteiger partial charge in [0.05, 0.1) is 12.2 Å². The number of benzene rings is 1. The van der Waals surface area contributed by atoms with Crippen molar-refractivity contribution in [3.63, 3.8) is 0 Å². The lowest BCUT2D eigenvalue weighted by Crippen LogP contribution is -2.15. The Morgan fingerprint density at radius 2 is 2.05 bits per heavy atom. The predicted octanol–water partition coefficient (Wildman–Crippen LogP) is 4.34. The van der Waals surface area contributed by atoms with E-state index in [9.17, 15) is 13.6 Å². The molecular formula is C15H20F2O2. The normalized spacial score (nSPS) is 12.2. The minimum atomic E-state index is -0.883. The van der Waals surface area contributed by atoms with Gasteiger partial charge in [0.1, 0.15) is 11.6 Å². The van der Waals surface area contributed by atoms with Crippen LogP contribution in [0.25, 0.3) is 0 Å². The number of hydrogen-bond donors (Lipinski definition) is 0. The van der Waals surface area contributed by atoms with Crippen LogP contribution in [0.3, 0.4) is 0 Å². The molecule has 4 heteroatoms. The standard InChI is InChI=1S/C15H20F2O2/c1-3-5-6-11(4-2)10-19-15(18)13-8-7-12(16)9-14(13)17/h7-9,11H,3-6,10H2,1-2H3. The molecule has 0 saturated heterocycles. The van der Waals surface area contributed by atoms with E-state index >= 15 is 0 Å². The van der Waals surface area contributed by atoms with Gasteiger partial charge >= 0.3 is 5.97 Å². The van der Waals surface area contributed by atoms with Gasteiger partial charge in [-0.2, -0.15) is 0 Å². The lowest BCUT2D eigenvalue weighted by atomic mass is 10.0. The summed E-state index contributed by atoms with van der Waals surface area (Å²) in [6.07, 6.45) is 4.09. The Morgan fingerprint density at radius 3 is 2.63 bits per heavy atom. The molecule has 19 heavy (non-hydrogen) atoms. The zero-order chi connectivity index (χ0) is 14.3. The van der Waals surface area contributed by atoms with Crippen molar-refractivity contribution in [2.45, 2.75) is 39.5 Å². The van der Waals surface area contributed by atoms with Crippen molar-refractivity contribution in [3.05, 3.63) is 35.4 Å². The van der Waals surface area contributed by atoms with E-state index in [-0.39, 0.29) is 12.2 Å². The van der Waals surface area contributed by atoms with E-state index in [1.807, 2.05) is 6.92 Å². The highest BCUT2D eigenvalue weighted by atomic mass is 19.1. The number of hydrogen-bond acceptors (Lipinski definition) is 2. The second-order valence-corrected chi connectivity index (χ2v) is 4.64. The number of halogens is 2. The number of rotatable bonds is 7. The molecule has 0 amide bonds. The van der Waals surface area contributed by atoms with Crippen LogP contribution in [0.1, 0.15) is 49.9 Å². The van der Waals surface area contributed by atoms with Crippen LogP contribution in [0.4, 0.5) is 8.78 Å². The van der Waals surface area contributed by atoms with Gasteiger partial charge in [0.2, 0.25) is 0 Å². The molecule has 0 aliphatic heterocycles. The average molecular weight is 270 g/mol. The molecule has 0 bridgehead atoms. The molecule has 0 saturated carbocycles. The van der Waals surface area contributed by atoms with Crippen LogP contribution in [0, 0.1) is 17.6 Å². The first-order chi connectivity index (χ1) is 9.08. The number of carbonyl (C=O) groups excluding carboxylic acids is 1. The second kappa shape index (κ2) is 7.87. The van der Waals surface area contributed by atoms with Crippen molar-refractivity contribution in [1.82, 2.24) is 0 Å². The lowest BCUT2D eigenvalue weighted by molar-refractivity contribution is 0.0423. The Balaban J connectivity index is 2.54. The van der Waals surface area contributed by atoms with Crippen LogP contribution >= 0.6 is 0 Å². The summed E-state index contributed by atoms with van der Waals surface area (Å²) < 4.78 is 31.2. The Hall–Kier alpha value is -1.45. The van der Waals surface area contributed by atoms with Crippen molar-refractivity contribution in [3.8, 4) is 0 Å². The topological polar surface area (TPSA) is 26.3 Å². The Labute approximate surface area is 112 Å². The third-order valence-electron chi connectivity index (χ3n) is 3.14. The molecule has 2 nitrogen and oxygen atoms in total. The maximum absolute atomic E-state index is 13.4. The summed E-state index contributed by atoms with van der Waals surface area (Å²) in [5.41, 5.74) is -0.216. The monoisotopic (exact) mass is 270 g/mol. The summed E-state index contributed by atoms with van der Waals surface area (Å²) in [6, 6.07) is 2.85. The number of esters is 1. The smallest absolute Gasteiger partial charge is 0.341 e. The minimum absolute atomic E-state index is 0.216. The third-order valence-corrected chi connectivity index (χ3v) is 3.14. The second-order valence-electron chi connectivity index (χ2n) is 4.64. The molecule has 0 spiro atoms. The largest absolute Gasteiger partial charge is 0.462 e. The fourth-order valence-corrected chi connectivity index (χ4v) is 1.82. The van der Waals surface area contributed by atoms with Crippen LogP contribution < -0.4 is 0 Å². The number of unbranched alkanes of at least 4 members (excludes halogenated alkanes) is 1. The first-order valence-corrected chi connectivity index (χ1v) is 6.70. The zero-order valence-corrected chi connectivity index (χ0v) is 11.4. The fraction of sp³-hybridized carbons (Fsp3) is 0.533. The summed E-state index contributed by atoms with van der Waals surface area (Å²) in [4.78, 5) is 11.7. The van der Waals surface area contributed by atoms with Gasteiger partial charge in [-0.3, -0.25) is 0 Å². The quantitative estimate of drug-likeness (QED) is 0.689. The third kappa shape index (κ3) is 4.97. The van der Waals surface area contributed by atoms with Crippen LogP contribution in [-0.2, 0) is 4.74 Å². The molecule has 1 atom stereocenters. The van der Waals surface area contributed by atoms with Gasteiger partial charge in [-0.25, -0.2) is 13.6 Å². The Kier molecular flexibility index (Phi) is 6.46. The highest BCUT2D eigenvalue weighted by Gasteiger charge is 2.16.